The summed E-state index contributed by atoms with van der Waals surface area (Å²) in [5, 5.41) is 4.58. The molecule has 8 nitrogen and oxygen atoms in total. The summed E-state index contributed by atoms with van der Waals surface area (Å²) in [4.78, 5) is 12.6. The van der Waals surface area contributed by atoms with Gasteiger partial charge in [0, 0.05) is 10.6 Å². The Bertz CT molecular complexity index is 1430. The largest absolute Gasteiger partial charge is 0.493 e. The van der Waals surface area contributed by atoms with E-state index in [4.69, 9.17) is 21.1 Å². The smallest absolute Gasteiger partial charge is 0.260 e. The Hall–Kier alpha value is -3.08. The molecule has 0 radical (unpaired) electrons. The maximum Gasteiger partial charge on any atom is 0.260 e. The Kier molecular flexibility index (Phi) is 9.58. The number of nitrogens with zero attached hydrogens (tertiary/aromatic N) is 2. The van der Waals surface area contributed by atoms with Gasteiger partial charge in [-0.25, -0.2) is 13.8 Å². The monoisotopic (exact) mass is 607 g/mol. The van der Waals surface area contributed by atoms with Crippen LogP contribution < -0.4 is 19.2 Å². The maximum absolute atomic E-state index is 12.6. The van der Waals surface area contributed by atoms with Gasteiger partial charge in [0.15, 0.2) is 11.5 Å². The van der Waals surface area contributed by atoms with E-state index in [0.717, 1.165) is 27.3 Å². The summed E-state index contributed by atoms with van der Waals surface area (Å²) in [6.45, 7) is 3.47. The predicted octanol–water partition coefficient (Wildman–Crippen LogP) is 5.22. The summed E-state index contributed by atoms with van der Waals surface area (Å²) < 4.78 is 37.9. The zero-order valence-electron chi connectivity index (χ0n) is 20.8. The van der Waals surface area contributed by atoms with Crippen LogP contribution in [0.1, 0.15) is 22.3 Å². The van der Waals surface area contributed by atoms with Crippen molar-refractivity contribution in [3.05, 3.63) is 86.3 Å². The van der Waals surface area contributed by atoms with Crippen LogP contribution >= 0.6 is 27.5 Å². The van der Waals surface area contributed by atoms with Crippen molar-refractivity contribution in [1.82, 2.24) is 5.43 Å². The van der Waals surface area contributed by atoms with Crippen molar-refractivity contribution in [2.24, 2.45) is 5.10 Å². The summed E-state index contributed by atoms with van der Waals surface area (Å²) in [7, 11) is -2.19. The van der Waals surface area contributed by atoms with Crippen LogP contribution in [0.3, 0.4) is 0 Å². The van der Waals surface area contributed by atoms with Gasteiger partial charge in [0.25, 0.3) is 5.91 Å². The number of carbonyl (C=O) groups excluding carboxylic acids is 1. The number of aryl methyl sites for hydroxylation is 2. The van der Waals surface area contributed by atoms with E-state index in [1.165, 1.54) is 13.3 Å². The average molecular weight is 609 g/mol. The van der Waals surface area contributed by atoms with Crippen molar-refractivity contribution in [2.75, 3.05) is 24.2 Å². The third kappa shape index (κ3) is 7.70. The summed E-state index contributed by atoms with van der Waals surface area (Å²) in [6.07, 6.45) is 2.48. The van der Waals surface area contributed by atoms with E-state index in [-0.39, 0.29) is 6.61 Å². The molecule has 3 rings (SSSR count). The molecular weight excluding hydrogens is 582 g/mol. The average Bonchev–Trinajstić information content (AvgIpc) is 2.83. The number of hydrogen-bond donors (Lipinski definition) is 1. The summed E-state index contributed by atoms with van der Waals surface area (Å²) >= 11 is 9.69. The SMILES string of the molecule is COc1cc(C=NNC(=O)CN(c2cc(C)ccc2C)S(C)(=O)=O)cc(Br)c1OCc1ccccc1Cl. The Morgan fingerprint density at radius 3 is 2.57 bits per heavy atom. The van der Waals surface area contributed by atoms with Gasteiger partial charge in [-0.3, -0.25) is 9.10 Å². The van der Waals surface area contributed by atoms with E-state index in [1.54, 1.807) is 31.2 Å². The van der Waals surface area contributed by atoms with E-state index in [9.17, 15) is 13.2 Å². The van der Waals surface area contributed by atoms with E-state index in [2.05, 4.69) is 26.5 Å². The number of halogens is 2. The van der Waals surface area contributed by atoms with Gasteiger partial charge in [-0.2, -0.15) is 5.10 Å². The molecule has 0 bridgehead atoms. The molecule has 0 saturated carbocycles. The van der Waals surface area contributed by atoms with Gasteiger partial charge in [-0.15, -0.1) is 0 Å². The molecule has 0 atom stereocenters. The highest BCUT2D eigenvalue weighted by molar-refractivity contribution is 9.10. The van der Waals surface area contributed by atoms with Crippen LogP contribution in [-0.4, -0.2) is 40.4 Å². The molecule has 0 aliphatic rings. The Morgan fingerprint density at radius 1 is 1.16 bits per heavy atom. The molecule has 3 aromatic carbocycles. The Morgan fingerprint density at radius 2 is 1.89 bits per heavy atom. The molecule has 0 aliphatic heterocycles. The lowest BCUT2D eigenvalue weighted by Crippen LogP contribution is -2.39. The molecule has 3 aromatic rings. The molecule has 0 saturated heterocycles. The zero-order valence-corrected chi connectivity index (χ0v) is 23.9. The van der Waals surface area contributed by atoms with Gasteiger partial charge in [-0.05, 0) is 70.7 Å². The second kappa shape index (κ2) is 12.4. The second-order valence-corrected chi connectivity index (χ2v) is 11.4. The lowest BCUT2D eigenvalue weighted by molar-refractivity contribution is -0.119. The van der Waals surface area contributed by atoms with Gasteiger partial charge >= 0.3 is 0 Å². The van der Waals surface area contributed by atoms with Gasteiger partial charge < -0.3 is 9.47 Å². The van der Waals surface area contributed by atoms with Crippen LogP contribution in [0.15, 0.2) is 64.2 Å². The van der Waals surface area contributed by atoms with Crippen molar-refractivity contribution in [2.45, 2.75) is 20.5 Å². The van der Waals surface area contributed by atoms with Crippen LogP contribution in [-0.2, 0) is 21.4 Å². The van der Waals surface area contributed by atoms with Gasteiger partial charge in [0.05, 0.1) is 29.7 Å². The quantitative estimate of drug-likeness (QED) is 0.251. The van der Waals surface area contributed by atoms with Crippen LogP contribution in [0.4, 0.5) is 5.69 Å². The standard InChI is InChI=1S/C26H27BrClN3O5S/c1-17-9-10-18(2)23(11-17)31(37(4,33)34)15-25(32)30-29-14-19-12-21(27)26(24(13-19)35-3)36-16-20-7-5-6-8-22(20)28/h5-14H,15-16H2,1-4H3,(H,30,32). The van der Waals surface area contributed by atoms with Crippen LogP contribution in [0.25, 0.3) is 0 Å². The van der Waals surface area contributed by atoms with Crippen molar-refractivity contribution in [3.8, 4) is 11.5 Å². The molecule has 1 amide bonds. The number of sulfonamides is 1. The summed E-state index contributed by atoms with van der Waals surface area (Å²) in [5.41, 5.74) is 5.89. The normalized spacial score (nSPS) is 11.4. The Labute approximate surface area is 230 Å². The second-order valence-electron chi connectivity index (χ2n) is 8.27. The topological polar surface area (TPSA) is 97.3 Å². The predicted molar refractivity (Wildman–Crippen MR) is 150 cm³/mol. The molecule has 11 heteroatoms. The Balaban J connectivity index is 1.71. The van der Waals surface area contributed by atoms with Gasteiger partial charge in [0.2, 0.25) is 10.0 Å². The minimum atomic E-state index is -3.70. The first-order valence-electron chi connectivity index (χ1n) is 11.1. The number of ether oxygens (including phenoxy) is 2. The van der Waals surface area contributed by atoms with Crippen LogP contribution in [0.2, 0.25) is 5.02 Å². The lowest BCUT2D eigenvalue weighted by atomic mass is 10.1. The van der Waals surface area contributed by atoms with Crippen molar-refractivity contribution in [3.63, 3.8) is 0 Å². The number of hydrogen-bond acceptors (Lipinski definition) is 6. The van der Waals surface area contributed by atoms with E-state index in [0.29, 0.717) is 32.2 Å². The highest BCUT2D eigenvalue weighted by Crippen LogP contribution is 2.37. The van der Waals surface area contributed by atoms with Crippen LogP contribution in [0.5, 0.6) is 11.5 Å². The molecule has 196 valence electrons. The van der Waals surface area contributed by atoms with Gasteiger partial charge in [0.1, 0.15) is 13.2 Å². The molecule has 0 unspecified atom stereocenters. The third-order valence-electron chi connectivity index (χ3n) is 5.31. The molecule has 1 N–H and O–H groups in total. The number of amides is 1. The van der Waals surface area contributed by atoms with E-state index < -0.39 is 22.5 Å². The van der Waals surface area contributed by atoms with Crippen LogP contribution in [0, 0.1) is 13.8 Å². The zero-order chi connectivity index (χ0) is 27.2. The molecule has 0 spiro atoms. The molecule has 37 heavy (non-hydrogen) atoms. The summed E-state index contributed by atoms with van der Waals surface area (Å²) in [5.74, 6) is 0.349. The maximum atomic E-state index is 12.6. The summed E-state index contributed by atoms with van der Waals surface area (Å²) in [6, 6.07) is 16.2. The lowest BCUT2D eigenvalue weighted by Gasteiger charge is -2.23. The number of carbonyl (C=O) groups is 1. The van der Waals surface area contributed by atoms with Crippen molar-refractivity contribution < 1.29 is 22.7 Å². The van der Waals surface area contributed by atoms with Crippen molar-refractivity contribution in [1.29, 1.82) is 0 Å². The fourth-order valence-electron chi connectivity index (χ4n) is 3.43. The third-order valence-corrected chi connectivity index (χ3v) is 7.39. The number of anilines is 1. The fraction of sp³-hybridized carbons (Fsp3) is 0.231. The molecule has 0 aromatic heterocycles. The van der Waals surface area contributed by atoms with Gasteiger partial charge in [-0.1, -0.05) is 41.9 Å². The highest BCUT2D eigenvalue weighted by Gasteiger charge is 2.22. The minimum absolute atomic E-state index is 0.245. The molecule has 0 fully saturated rings. The molecule has 0 heterocycles. The minimum Gasteiger partial charge on any atom is -0.493 e. The van der Waals surface area contributed by atoms with E-state index >= 15 is 0 Å². The first-order chi connectivity index (χ1) is 17.5. The number of rotatable bonds is 10. The fourth-order valence-corrected chi connectivity index (χ4v) is 5.10. The highest BCUT2D eigenvalue weighted by atomic mass is 79.9. The number of methoxy groups -OCH3 is 1. The first-order valence-corrected chi connectivity index (χ1v) is 14.1. The van der Waals surface area contributed by atoms with E-state index in [1.807, 2.05) is 37.3 Å². The number of hydrazone groups is 1. The number of benzene rings is 3. The molecular formula is C26H27BrClN3O5S. The first kappa shape index (κ1) is 28.5. The van der Waals surface area contributed by atoms with Crippen molar-refractivity contribution >= 4 is 55.4 Å². The number of nitrogens with one attached hydrogen (secondary N) is 1. The molecule has 0 aliphatic carbocycles.